The number of nitrogens with one attached hydrogen (secondary N) is 2. The van der Waals surface area contributed by atoms with E-state index >= 15 is 0 Å². The molecule has 3 rings (SSSR count). The molecule has 1 atom stereocenters. The largest absolute Gasteiger partial charge is 0.506 e. The van der Waals surface area contributed by atoms with E-state index in [-0.39, 0.29) is 24.4 Å². The van der Waals surface area contributed by atoms with Gasteiger partial charge in [0.1, 0.15) is 18.1 Å². The Morgan fingerprint density at radius 2 is 1.68 bits per heavy atom. The Bertz CT molecular complexity index is 1350. The predicted molar refractivity (Wildman–Crippen MR) is 147 cm³/mol. The Morgan fingerprint density at radius 1 is 1.03 bits per heavy atom. The van der Waals surface area contributed by atoms with Crippen LogP contribution in [0.2, 0.25) is 0 Å². The van der Waals surface area contributed by atoms with E-state index in [4.69, 9.17) is 9.84 Å². The molecule has 0 aliphatic rings. The van der Waals surface area contributed by atoms with E-state index in [2.05, 4.69) is 10.0 Å². The molecule has 0 saturated carbocycles. The number of hydrogen-bond acceptors (Lipinski definition) is 7. The average Bonchev–Trinajstić information content (AvgIpc) is 2.83. The molecule has 9 nitrogen and oxygen atoms in total. The maximum Gasteiger partial charge on any atom is 0.303 e. The van der Waals surface area contributed by atoms with Crippen molar-refractivity contribution in [2.75, 3.05) is 30.7 Å². The number of ether oxygens (including phenoxy) is 1. The molecule has 3 aromatic carbocycles. The Labute approximate surface area is 223 Å². The van der Waals surface area contributed by atoms with Crippen LogP contribution >= 0.6 is 0 Å². The van der Waals surface area contributed by atoms with Crippen molar-refractivity contribution >= 4 is 21.7 Å². The van der Waals surface area contributed by atoms with Crippen molar-refractivity contribution in [3.8, 4) is 22.6 Å². The van der Waals surface area contributed by atoms with E-state index in [9.17, 15) is 23.4 Å². The Morgan fingerprint density at radius 3 is 2.29 bits per heavy atom. The molecule has 0 aromatic heterocycles. The number of aromatic hydroxyl groups is 1. The number of aliphatic hydroxyl groups is 1. The van der Waals surface area contributed by atoms with Gasteiger partial charge in [-0.2, -0.15) is 0 Å². The molecular weight excluding hydrogens is 508 g/mol. The van der Waals surface area contributed by atoms with Crippen molar-refractivity contribution in [3.63, 3.8) is 0 Å². The lowest BCUT2D eigenvalue weighted by Gasteiger charge is -2.16. The van der Waals surface area contributed by atoms with Gasteiger partial charge in [0, 0.05) is 19.5 Å². The van der Waals surface area contributed by atoms with Crippen LogP contribution < -0.4 is 14.8 Å². The maximum atomic E-state index is 11.5. The van der Waals surface area contributed by atoms with Gasteiger partial charge < -0.3 is 25.4 Å². The van der Waals surface area contributed by atoms with Gasteiger partial charge in [-0.05, 0) is 77.9 Å². The molecule has 0 aliphatic heterocycles. The number of carboxylic acids is 1. The molecule has 0 saturated heterocycles. The molecule has 10 heteroatoms. The monoisotopic (exact) mass is 542 g/mol. The second kappa shape index (κ2) is 12.8. The van der Waals surface area contributed by atoms with E-state index in [1.54, 1.807) is 0 Å². The summed E-state index contributed by atoms with van der Waals surface area (Å²) in [6, 6.07) is 16.2. The van der Waals surface area contributed by atoms with Gasteiger partial charge in [-0.15, -0.1) is 0 Å². The van der Waals surface area contributed by atoms with Gasteiger partial charge in [-0.25, -0.2) is 8.42 Å². The minimum atomic E-state index is -3.57. The topological polar surface area (TPSA) is 145 Å². The van der Waals surface area contributed by atoms with E-state index in [1.807, 2.05) is 50.2 Å². The fraction of sp³-hybridized carbons (Fsp3) is 0.321. The minimum absolute atomic E-state index is 0.00991. The molecule has 0 amide bonds. The van der Waals surface area contributed by atoms with Crippen LogP contribution in [0.1, 0.15) is 34.8 Å². The number of aliphatic carboxylic acids is 1. The van der Waals surface area contributed by atoms with Crippen LogP contribution in [0.25, 0.3) is 11.1 Å². The lowest BCUT2D eigenvalue weighted by molar-refractivity contribution is -0.136. The molecule has 38 heavy (non-hydrogen) atoms. The van der Waals surface area contributed by atoms with Crippen LogP contribution in [-0.2, 0) is 21.2 Å². The van der Waals surface area contributed by atoms with Gasteiger partial charge in [0.2, 0.25) is 10.0 Å². The van der Waals surface area contributed by atoms with Crippen LogP contribution in [0.15, 0.2) is 54.6 Å². The number of hydrogen-bond donors (Lipinski definition) is 5. The van der Waals surface area contributed by atoms with Gasteiger partial charge in [0.05, 0.1) is 18.0 Å². The maximum absolute atomic E-state index is 11.5. The highest BCUT2D eigenvalue weighted by atomic mass is 32.2. The fourth-order valence-electron chi connectivity index (χ4n) is 4.19. The van der Waals surface area contributed by atoms with Crippen LogP contribution in [0.3, 0.4) is 0 Å². The molecule has 0 aliphatic carbocycles. The molecule has 0 fully saturated rings. The summed E-state index contributed by atoms with van der Waals surface area (Å²) in [5.41, 5.74) is 5.75. The Balaban J connectivity index is 1.52. The third kappa shape index (κ3) is 8.47. The zero-order chi connectivity index (χ0) is 27.9. The van der Waals surface area contributed by atoms with Crippen molar-refractivity contribution in [2.45, 2.75) is 32.8 Å². The van der Waals surface area contributed by atoms with Crippen molar-refractivity contribution < 1.29 is 33.3 Å². The number of anilines is 1. The first-order chi connectivity index (χ1) is 17.9. The molecule has 3 aromatic rings. The zero-order valence-corrected chi connectivity index (χ0v) is 22.5. The molecule has 0 heterocycles. The number of rotatable bonds is 13. The Kier molecular flexibility index (Phi) is 9.73. The minimum Gasteiger partial charge on any atom is -0.506 e. The van der Waals surface area contributed by atoms with Crippen LogP contribution in [0.5, 0.6) is 11.5 Å². The van der Waals surface area contributed by atoms with Gasteiger partial charge in [-0.1, -0.05) is 30.3 Å². The van der Waals surface area contributed by atoms with Gasteiger partial charge >= 0.3 is 5.97 Å². The van der Waals surface area contributed by atoms with Crippen molar-refractivity contribution in [1.29, 1.82) is 0 Å². The predicted octanol–water partition coefficient (Wildman–Crippen LogP) is 3.77. The lowest BCUT2D eigenvalue weighted by Crippen LogP contribution is -2.26. The first-order valence-electron chi connectivity index (χ1n) is 12.2. The fourth-order valence-corrected chi connectivity index (χ4v) is 4.75. The van der Waals surface area contributed by atoms with Crippen LogP contribution in [0, 0.1) is 13.8 Å². The standard InChI is InChI=1S/C28H34N2O7S/c1-18-14-23(15-19(2)28(18)21-7-4-20(5-8-21)6-11-27(33)34)37-13-12-29-17-26(32)22-9-10-25(31)24(16-22)30-38(3,35)36/h4-5,7-10,14-16,26,29-32H,6,11-13,17H2,1-3H3,(H,33,34)/t26-/m0/s1. The molecule has 204 valence electrons. The first-order valence-corrected chi connectivity index (χ1v) is 14.1. The summed E-state index contributed by atoms with van der Waals surface area (Å²) in [4.78, 5) is 10.8. The van der Waals surface area contributed by atoms with Crippen molar-refractivity contribution in [3.05, 3.63) is 76.9 Å². The number of sulfonamides is 1. The lowest BCUT2D eigenvalue weighted by atomic mass is 9.94. The number of aliphatic hydroxyl groups excluding tert-OH is 1. The van der Waals surface area contributed by atoms with E-state index in [1.165, 1.54) is 18.2 Å². The van der Waals surface area contributed by atoms with E-state index in [0.29, 0.717) is 25.1 Å². The summed E-state index contributed by atoms with van der Waals surface area (Å²) in [6.07, 6.45) is 0.687. The molecule has 5 N–H and O–H groups in total. The Hall–Kier alpha value is -3.60. The molecule has 0 spiro atoms. The second-order valence-corrected chi connectivity index (χ2v) is 11.0. The summed E-state index contributed by atoms with van der Waals surface area (Å²) in [5, 5.41) is 32.3. The molecule has 0 bridgehead atoms. The summed E-state index contributed by atoms with van der Waals surface area (Å²) in [7, 11) is -3.57. The summed E-state index contributed by atoms with van der Waals surface area (Å²) >= 11 is 0. The molecule has 0 unspecified atom stereocenters. The normalized spacial score (nSPS) is 12.2. The average molecular weight is 543 g/mol. The summed E-state index contributed by atoms with van der Waals surface area (Å²) < 4.78 is 31.0. The number of aryl methyl sites for hydroxylation is 3. The van der Waals surface area contributed by atoms with Gasteiger partial charge in [-0.3, -0.25) is 9.52 Å². The third-order valence-corrected chi connectivity index (χ3v) is 6.55. The smallest absolute Gasteiger partial charge is 0.303 e. The number of carboxylic acid groups (broad SMARTS) is 1. The highest BCUT2D eigenvalue weighted by Gasteiger charge is 2.13. The zero-order valence-electron chi connectivity index (χ0n) is 21.7. The quantitative estimate of drug-likeness (QED) is 0.162. The van der Waals surface area contributed by atoms with Gasteiger partial charge in [0.25, 0.3) is 0 Å². The van der Waals surface area contributed by atoms with Crippen molar-refractivity contribution in [1.82, 2.24) is 5.32 Å². The third-order valence-electron chi connectivity index (χ3n) is 5.96. The van der Waals surface area contributed by atoms with Crippen LogP contribution in [0.4, 0.5) is 5.69 Å². The number of phenolic OH excluding ortho intramolecular Hbond substituents is 1. The van der Waals surface area contributed by atoms with Gasteiger partial charge in [0.15, 0.2) is 0 Å². The summed E-state index contributed by atoms with van der Waals surface area (Å²) in [5.74, 6) is -0.297. The number of phenols is 1. The van der Waals surface area contributed by atoms with E-state index < -0.39 is 22.1 Å². The number of carbonyl (C=O) groups is 1. The molecular formula is C28H34N2O7S. The highest BCUT2D eigenvalue weighted by molar-refractivity contribution is 7.92. The van der Waals surface area contributed by atoms with Crippen LogP contribution in [-0.4, -0.2) is 55.7 Å². The highest BCUT2D eigenvalue weighted by Crippen LogP contribution is 2.31. The molecule has 0 radical (unpaired) electrons. The van der Waals surface area contributed by atoms with E-state index in [0.717, 1.165) is 39.8 Å². The first kappa shape index (κ1) is 29.0. The number of benzene rings is 3. The second-order valence-electron chi connectivity index (χ2n) is 9.24. The summed E-state index contributed by atoms with van der Waals surface area (Å²) in [6.45, 7) is 5.10. The SMILES string of the molecule is Cc1cc(OCCNC[C@H](O)c2ccc(O)c(NS(C)(=O)=O)c2)cc(C)c1-c1ccc(CCC(=O)O)cc1. The van der Waals surface area contributed by atoms with Crippen molar-refractivity contribution in [2.24, 2.45) is 0 Å².